The number of para-hydroxylation sites is 1. The highest BCUT2D eigenvalue weighted by atomic mass is 32.2. The summed E-state index contributed by atoms with van der Waals surface area (Å²) in [6, 6.07) is 21.7. The number of esters is 1. The molecule has 0 spiro atoms. The second kappa shape index (κ2) is 15.1. The number of sulfonamides is 1. The molecule has 52 heavy (non-hydrogen) atoms. The molecule has 4 aromatic carbocycles. The van der Waals surface area contributed by atoms with Crippen molar-refractivity contribution in [1.29, 1.82) is 0 Å². The number of ether oxygens (including phenoxy) is 3. The minimum atomic E-state index is -4.66. The summed E-state index contributed by atoms with van der Waals surface area (Å²) in [5.74, 6) is -0.121. The molecule has 0 atom stereocenters. The highest BCUT2D eigenvalue weighted by Crippen LogP contribution is 2.42. The van der Waals surface area contributed by atoms with Crippen molar-refractivity contribution >= 4 is 47.4 Å². The molecular weight excluding hydrogens is 731 g/mol. The average molecular weight is 764 g/mol. The molecule has 0 fully saturated rings. The predicted octanol–water partition coefficient (Wildman–Crippen LogP) is 3.68. The number of rotatable bonds is 14. The summed E-state index contributed by atoms with van der Waals surface area (Å²) in [7, 11) is -4.63. The van der Waals surface area contributed by atoms with Gasteiger partial charge in [-0.25, -0.2) is 31.3 Å². The zero-order valence-electron chi connectivity index (χ0n) is 28.1. The molecule has 270 valence electrons. The van der Waals surface area contributed by atoms with Gasteiger partial charge in [-0.05, 0) is 58.3 Å². The molecule has 15 nitrogen and oxygen atoms in total. The third-order valence-corrected chi connectivity index (χ3v) is 12.4. The second-order valence-electron chi connectivity index (χ2n) is 11.2. The van der Waals surface area contributed by atoms with E-state index < -0.39 is 41.4 Å². The summed E-state index contributed by atoms with van der Waals surface area (Å²) in [6.45, 7) is -0.295. The largest absolute Gasteiger partial charge is 0.497 e. The number of sulfone groups is 1. The number of nitrogens with one attached hydrogen (secondary N) is 1. The van der Waals surface area contributed by atoms with Crippen LogP contribution in [0.4, 0.5) is 0 Å². The summed E-state index contributed by atoms with van der Waals surface area (Å²) in [5, 5.41) is 13.1. The van der Waals surface area contributed by atoms with Gasteiger partial charge < -0.3 is 19.9 Å². The minimum absolute atomic E-state index is 0.0752. The average Bonchev–Trinajstić information content (AvgIpc) is 3.81. The van der Waals surface area contributed by atoms with E-state index in [0.29, 0.717) is 32.8 Å². The molecule has 0 radical (unpaired) electrons. The Labute approximate surface area is 303 Å². The molecular formula is C34H33N7O8S3. The van der Waals surface area contributed by atoms with Crippen molar-refractivity contribution in [2.45, 2.75) is 22.9 Å². The van der Waals surface area contributed by atoms with E-state index >= 15 is 0 Å². The fraction of sp³-hybridized carbons (Fsp3) is 0.206. The lowest BCUT2D eigenvalue weighted by atomic mass is 9.98. The van der Waals surface area contributed by atoms with Crippen LogP contribution in [0.3, 0.4) is 0 Å². The van der Waals surface area contributed by atoms with Crippen LogP contribution in [0.5, 0.6) is 11.5 Å². The number of aromatic nitrogens is 5. The Morgan fingerprint density at radius 3 is 2.17 bits per heavy atom. The maximum absolute atomic E-state index is 14.5. The smallest absolute Gasteiger partial charge is 0.367 e. The van der Waals surface area contributed by atoms with Crippen LogP contribution in [0, 0.1) is 0 Å². The van der Waals surface area contributed by atoms with Crippen LogP contribution >= 0.6 is 11.3 Å². The Balaban J connectivity index is 1.59. The molecule has 0 bridgehead atoms. The molecule has 2 aromatic heterocycles. The quantitative estimate of drug-likeness (QED) is 0.152. The lowest BCUT2D eigenvalue weighted by Crippen LogP contribution is -2.27. The Morgan fingerprint density at radius 2 is 1.54 bits per heavy atom. The van der Waals surface area contributed by atoms with Crippen molar-refractivity contribution < 1.29 is 35.8 Å². The van der Waals surface area contributed by atoms with Gasteiger partial charge in [-0.3, -0.25) is 0 Å². The number of fused-ring (bicyclic) bond motifs is 1. The number of nitrogens with zero attached hydrogens (tertiary/aromatic N) is 5. The van der Waals surface area contributed by atoms with Crippen LogP contribution in [-0.4, -0.2) is 81.6 Å². The molecule has 6 rings (SSSR count). The van der Waals surface area contributed by atoms with Crippen molar-refractivity contribution in [3.05, 3.63) is 95.0 Å². The fourth-order valence-corrected chi connectivity index (χ4v) is 9.54. The van der Waals surface area contributed by atoms with Crippen molar-refractivity contribution in [2.24, 2.45) is 5.73 Å². The van der Waals surface area contributed by atoms with Crippen LogP contribution in [0.25, 0.3) is 32.7 Å². The Hall–Kier alpha value is -5.27. The van der Waals surface area contributed by atoms with Crippen LogP contribution in [-0.2, 0) is 37.7 Å². The topological polar surface area (TPSA) is 208 Å². The van der Waals surface area contributed by atoms with Crippen LogP contribution < -0.4 is 19.9 Å². The van der Waals surface area contributed by atoms with E-state index in [1.54, 1.807) is 61.7 Å². The standard InChI is InChI=1S/C34H33N7O8S3/c1-47-23-11-7-21(8-12-23)19-36-52(45,46)31-28(51(43,44)18-17-35)16-15-25(26-5-4-6-27-30(26)37-33(50-27)34(42)49-3)29(31)32-38-40-41(39-32)20-22-9-13-24(48-2)14-10-22/h4-16,36H,17-20,35H2,1-3H3. The first-order valence-electron chi connectivity index (χ1n) is 15.6. The Bertz CT molecular complexity index is 2470. The monoisotopic (exact) mass is 763 g/mol. The van der Waals surface area contributed by atoms with Gasteiger partial charge in [-0.2, -0.15) is 4.80 Å². The van der Waals surface area contributed by atoms with E-state index in [-0.39, 0.29) is 41.6 Å². The van der Waals surface area contributed by atoms with Crippen LogP contribution in [0.2, 0.25) is 0 Å². The highest BCUT2D eigenvalue weighted by Gasteiger charge is 2.34. The number of methoxy groups -OCH3 is 3. The fourth-order valence-electron chi connectivity index (χ4n) is 5.43. The van der Waals surface area contributed by atoms with E-state index in [0.717, 1.165) is 16.9 Å². The lowest BCUT2D eigenvalue weighted by molar-refractivity contribution is 0.0600. The highest BCUT2D eigenvalue weighted by molar-refractivity contribution is 7.93. The Kier molecular flexibility index (Phi) is 10.6. The van der Waals surface area contributed by atoms with Crippen LogP contribution in [0.15, 0.2) is 88.7 Å². The zero-order valence-corrected chi connectivity index (χ0v) is 30.6. The third-order valence-electron chi connectivity index (χ3n) is 7.97. The van der Waals surface area contributed by atoms with Gasteiger partial charge in [0.15, 0.2) is 9.84 Å². The molecule has 0 amide bonds. The maximum Gasteiger partial charge on any atom is 0.367 e. The van der Waals surface area contributed by atoms with Gasteiger partial charge in [0.1, 0.15) is 16.4 Å². The number of carbonyl (C=O) groups is 1. The molecule has 0 aliphatic carbocycles. The maximum atomic E-state index is 14.5. The lowest BCUT2D eigenvalue weighted by Gasteiger charge is -2.18. The first-order chi connectivity index (χ1) is 25.0. The molecule has 6 aromatic rings. The summed E-state index contributed by atoms with van der Waals surface area (Å²) in [4.78, 5) is 17.2. The first kappa shape index (κ1) is 36.5. The number of hydrogen-bond donors (Lipinski definition) is 2. The summed E-state index contributed by atoms with van der Waals surface area (Å²) in [5.41, 5.74) is 7.90. The van der Waals surface area contributed by atoms with Gasteiger partial charge in [-0.15, -0.1) is 21.5 Å². The predicted molar refractivity (Wildman–Crippen MR) is 193 cm³/mol. The summed E-state index contributed by atoms with van der Waals surface area (Å²) >= 11 is 1.09. The number of thiazole rings is 1. The van der Waals surface area contributed by atoms with Gasteiger partial charge in [0, 0.05) is 18.7 Å². The molecule has 0 saturated heterocycles. The molecule has 0 unspecified atom stereocenters. The van der Waals surface area contributed by atoms with E-state index in [1.807, 2.05) is 12.1 Å². The van der Waals surface area contributed by atoms with Crippen molar-refractivity contribution in [1.82, 2.24) is 29.9 Å². The summed E-state index contributed by atoms with van der Waals surface area (Å²) in [6.07, 6.45) is 0. The first-order valence-corrected chi connectivity index (χ1v) is 19.5. The van der Waals surface area contributed by atoms with E-state index in [2.05, 4.69) is 25.1 Å². The number of tetrazole rings is 1. The Morgan fingerprint density at radius 1 is 0.865 bits per heavy atom. The van der Waals surface area contributed by atoms with E-state index in [4.69, 9.17) is 19.9 Å². The van der Waals surface area contributed by atoms with Crippen molar-refractivity contribution in [2.75, 3.05) is 33.6 Å². The SMILES string of the molecule is COC(=O)c1nc2c(-c3ccc(S(=O)(=O)CCN)c(S(=O)(=O)NCc4ccc(OC)cc4)c3-c3nnn(Cc4ccc(OC)cc4)n3)cccc2s1. The van der Waals surface area contributed by atoms with Gasteiger partial charge in [0.25, 0.3) is 0 Å². The van der Waals surface area contributed by atoms with Gasteiger partial charge >= 0.3 is 5.97 Å². The zero-order chi connectivity index (χ0) is 37.0. The number of hydrogen-bond acceptors (Lipinski definition) is 14. The second-order valence-corrected chi connectivity index (χ2v) is 16.1. The third kappa shape index (κ3) is 7.51. The van der Waals surface area contributed by atoms with Crippen molar-refractivity contribution in [3.8, 4) is 34.0 Å². The van der Waals surface area contributed by atoms with E-state index in [1.165, 1.54) is 31.1 Å². The summed E-state index contributed by atoms with van der Waals surface area (Å²) < 4.78 is 75.1. The van der Waals surface area contributed by atoms with E-state index in [9.17, 15) is 21.6 Å². The number of benzene rings is 4. The van der Waals surface area contributed by atoms with Crippen molar-refractivity contribution in [3.63, 3.8) is 0 Å². The molecule has 0 saturated carbocycles. The molecule has 3 N–H and O–H groups in total. The van der Waals surface area contributed by atoms with Gasteiger partial charge in [-0.1, -0.05) is 42.5 Å². The van der Waals surface area contributed by atoms with Gasteiger partial charge in [0.05, 0.1) is 54.3 Å². The van der Waals surface area contributed by atoms with Gasteiger partial charge in [0.2, 0.25) is 20.9 Å². The van der Waals surface area contributed by atoms with Crippen LogP contribution in [0.1, 0.15) is 20.9 Å². The molecule has 18 heteroatoms. The molecule has 0 aliphatic rings. The minimum Gasteiger partial charge on any atom is -0.497 e. The molecule has 2 heterocycles. The normalized spacial score (nSPS) is 11.8. The number of carbonyl (C=O) groups excluding carboxylic acids is 1. The molecule has 0 aliphatic heterocycles. The number of nitrogens with two attached hydrogens (primary N) is 1.